The van der Waals surface area contributed by atoms with Crippen LogP contribution in [0.1, 0.15) is 10.4 Å². The summed E-state index contributed by atoms with van der Waals surface area (Å²) in [4.78, 5) is 10.0. The number of hydrogen-bond donors (Lipinski definition) is 4. The molecular formula is C20H14N2O9S2. The highest BCUT2D eigenvalue weighted by Crippen LogP contribution is 2.45. The first kappa shape index (κ1) is 22.4. The van der Waals surface area contributed by atoms with Crippen molar-refractivity contribution < 1.29 is 45.7 Å². The molecule has 0 atom stereocenters. The molecule has 0 aromatic heterocycles. The van der Waals surface area contributed by atoms with Crippen LogP contribution in [0.25, 0.3) is 33.4 Å². The third-order valence-corrected chi connectivity index (χ3v) is 6.82. The van der Waals surface area contributed by atoms with Gasteiger partial charge in [-0.25, -0.2) is 13.2 Å². The van der Waals surface area contributed by atoms with Crippen LogP contribution in [-0.4, -0.2) is 37.0 Å². The second-order valence-electron chi connectivity index (χ2n) is 6.98. The Hall–Kier alpha value is -3.78. The van der Waals surface area contributed by atoms with Crippen LogP contribution in [0.4, 0.5) is 5.69 Å². The van der Waals surface area contributed by atoms with Crippen molar-refractivity contribution in [3.8, 4) is 22.5 Å². The van der Waals surface area contributed by atoms with E-state index >= 15 is 0 Å². The predicted octanol–water partition coefficient (Wildman–Crippen LogP) is 0.296. The number of hydrogen-bond acceptors (Lipinski definition) is 8. The zero-order chi connectivity index (χ0) is 24.3. The Morgan fingerprint density at radius 2 is 1.64 bits per heavy atom. The smallest absolute Gasteiger partial charge is 0.336 e. The molecular weight excluding hydrogens is 476 g/mol. The summed E-state index contributed by atoms with van der Waals surface area (Å²) in [5, 5.41) is 15.0. The van der Waals surface area contributed by atoms with Gasteiger partial charge in [-0.2, -0.15) is 8.42 Å². The van der Waals surface area contributed by atoms with E-state index in [4.69, 9.17) is 15.6 Å². The number of nitrogen functional groups attached to an aromatic ring is 1. The number of anilines is 1. The van der Waals surface area contributed by atoms with E-state index < -0.39 is 58.4 Å². The standard InChI is InChI=1S/C20H14N2O9S2/c21-13-7-5-11-15(9-3-1-2-4-10(9)20(23)24)12-6-8-14(22)19(33(28,29)30)17(12)31-16(11)18(13)32(25,26)27/h1-8,21H,22H2,(H,23,24)(H,25,26,27)(H,28,29,30). The summed E-state index contributed by atoms with van der Waals surface area (Å²) in [7, 11) is -10.2. The number of aromatic carboxylic acids is 1. The highest BCUT2D eigenvalue weighted by Gasteiger charge is 2.31. The van der Waals surface area contributed by atoms with Crippen molar-refractivity contribution in [2.45, 2.75) is 9.79 Å². The molecule has 2 aromatic carbocycles. The van der Waals surface area contributed by atoms with E-state index in [0.29, 0.717) is 0 Å². The maximum Gasteiger partial charge on any atom is 0.336 e. The first-order chi connectivity index (χ1) is 15.3. The average molecular weight is 490 g/mol. The predicted molar refractivity (Wildman–Crippen MR) is 112 cm³/mol. The Morgan fingerprint density at radius 3 is 2.24 bits per heavy atom. The van der Waals surface area contributed by atoms with Gasteiger partial charge in [0.15, 0.2) is 11.3 Å². The minimum absolute atomic E-state index is 0.0166. The Kier molecular flexibility index (Phi) is 5.01. The largest absolute Gasteiger partial charge is 0.744 e. The van der Waals surface area contributed by atoms with Gasteiger partial charge in [0.1, 0.15) is 15.0 Å². The molecule has 0 amide bonds. The summed E-state index contributed by atoms with van der Waals surface area (Å²) in [6.07, 6.45) is 0. The fourth-order valence-electron chi connectivity index (χ4n) is 3.70. The minimum atomic E-state index is -5.24. The van der Waals surface area contributed by atoms with E-state index in [0.717, 1.165) is 12.1 Å². The van der Waals surface area contributed by atoms with E-state index in [-0.39, 0.29) is 27.6 Å². The average Bonchev–Trinajstić information content (AvgIpc) is 2.69. The first-order valence-electron chi connectivity index (χ1n) is 8.99. The van der Waals surface area contributed by atoms with Crippen molar-refractivity contribution >= 4 is 42.9 Å². The molecule has 0 saturated heterocycles. The number of nitrogens with two attached hydrogens (primary N) is 2. The lowest BCUT2D eigenvalue weighted by atomic mass is 9.90. The van der Waals surface area contributed by atoms with E-state index in [2.05, 4.69) is 0 Å². The monoisotopic (exact) mass is 490 g/mol. The third kappa shape index (κ3) is 3.62. The second kappa shape index (κ2) is 7.38. The minimum Gasteiger partial charge on any atom is -0.744 e. The molecule has 6 N–H and O–H groups in total. The molecule has 0 saturated carbocycles. The maximum atomic E-state index is 12.1. The van der Waals surface area contributed by atoms with Gasteiger partial charge in [-0.3, -0.25) is 9.96 Å². The van der Waals surface area contributed by atoms with Gasteiger partial charge in [0.25, 0.3) is 0 Å². The maximum absolute atomic E-state index is 12.1. The Morgan fingerprint density at radius 1 is 0.970 bits per heavy atom. The molecule has 1 aliphatic heterocycles. The molecule has 1 heterocycles. The first-order valence-corrected chi connectivity index (χ1v) is 11.8. The molecule has 0 spiro atoms. The van der Waals surface area contributed by atoms with Gasteiger partial charge >= 0.3 is 16.1 Å². The number of carboxylic acids is 1. The Labute approximate surface area is 186 Å². The van der Waals surface area contributed by atoms with Gasteiger partial charge in [-0.15, -0.1) is 0 Å². The fraction of sp³-hybridized carbons (Fsp3) is 0. The lowest BCUT2D eigenvalue weighted by Crippen LogP contribution is -2.47. The summed E-state index contributed by atoms with van der Waals surface area (Å²) < 4.78 is 75.5. The molecule has 1 aliphatic carbocycles. The summed E-state index contributed by atoms with van der Waals surface area (Å²) in [5.74, 6) is -1.92. The zero-order valence-electron chi connectivity index (χ0n) is 16.3. The number of rotatable bonds is 4. The molecule has 0 fully saturated rings. The molecule has 33 heavy (non-hydrogen) atoms. The molecule has 4 rings (SSSR count). The van der Waals surface area contributed by atoms with E-state index in [1.54, 1.807) is 0 Å². The quantitative estimate of drug-likeness (QED) is 0.174. The van der Waals surface area contributed by atoms with Crippen LogP contribution in [0.2, 0.25) is 0 Å². The summed E-state index contributed by atoms with van der Waals surface area (Å²) in [5.41, 5.74) is 4.47. The van der Waals surface area contributed by atoms with Crippen molar-refractivity contribution in [1.82, 2.24) is 0 Å². The van der Waals surface area contributed by atoms with Gasteiger partial charge < -0.3 is 19.8 Å². The highest BCUT2D eigenvalue weighted by atomic mass is 32.2. The van der Waals surface area contributed by atoms with Crippen molar-refractivity contribution in [2.24, 2.45) is 0 Å². The molecule has 0 bridgehead atoms. The van der Waals surface area contributed by atoms with Crippen LogP contribution >= 0.6 is 0 Å². The van der Waals surface area contributed by atoms with E-state index in [1.165, 1.54) is 36.4 Å². The topological polar surface area (TPSA) is 214 Å². The van der Waals surface area contributed by atoms with Crippen LogP contribution in [0.15, 0.2) is 62.7 Å². The number of fused-ring (bicyclic) bond motifs is 2. The fourth-order valence-corrected chi connectivity index (χ4v) is 5.19. The van der Waals surface area contributed by atoms with E-state index in [9.17, 15) is 35.8 Å². The Bertz CT molecular complexity index is 1720. The van der Waals surface area contributed by atoms with Crippen LogP contribution in [0, 0.1) is 0 Å². The van der Waals surface area contributed by atoms with Crippen molar-refractivity contribution in [3.05, 3.63) is 59.5 Å². The summed E-state index contributed by atoms with van der Waals surface area (Å²) in [6, 6.07) is 10.6. The van der Waals surface area contributed by atoms with Gasteiger partial charge in [0, 0.05) is 22.6 Å². The van der Waals surface area contributed by atoms with Crippen molar-refractivity contribution in [2.75, 3.05) is 5.73 Å². The van der Waals surface area contributed by atoms with Crippen LogP contribution < -0.4 is 16.5 Å². The molecule has 11 nitrogen and oxygen atoms in total. The molecule has 0 radical (unpaired) electrons. The molecule has 2 aliphatic rings. The molecule has 0 unspecified atom stereocenters. The number of benzene rings is 3. The second-order valence-corrected chi connectivity index (χ2v) is 9.65. The summed E-state index contributed by atoms with van der Waals surface area (Å²) >= 11 is 0. The number of carboxylic acid groups (broad SMARTS) is 1. The third-order valence-electron chi connectivity index (χ3n) is 4.96. The van der Waals surface area contributed by atoms with Crippen LogP contribution in [-0.2, 0) is 20.2 Å². The normalized spacial score (nSPS) is 12.3. The SMILES string of the molecule is Nc1ccc2c(-c3ccccc3C(=O)O)c3ccc(=[NH2+])c(S(=O)(=O)O)c-3oc2c1S(=O)(=O)[O-]. The van der Waals surface area contributed by atoms with Crippen LogP contribution in [0.3, 0.4) is 0 Å². The zero-order valence-corrected chi connectivity index (χ0v) is 18.0. The van der Waals surface area contributed by atoms with Crippen molar-refractivity contribution in [3.63, 3.8) is 0 Å². The van der Waals surface area contributed by atoms with Gasteiger partial charge in [0.05, 0.1) is 11.3 Å². The highest BCUT2D eigenvalue weighted by molar-refractivity contribution is 7.86. The van der Waals surface area contributed by atoms with Gasteiger partial charge in [-0.1, -0.05) is 18.2 Å². The van der Waals surface area contributed by atoms with Crippen molar-refractivity contribution in [1.29, 1.82) is 0 Å². The molecule has 170 valence electrons. The van der Waals surface area contributed by atoms with Gasteiger partial charge in [0.2, 0.25) is 10.3 Å². The summed E-state index contributed by atoms with van der Waals surface area (Å²) in [6.45, 7) is 0. The Balaban J connectivity index is 2.40. The lowest BCUT2D eigenvalue weighted by Gasteiger charge is -2.20. The van der Waals surface area contributed by atoms with E-state index in [1.807, 2.05) is 0 Å². The van der Waals surface area contributed by atoms with Gasteiger partial charge in [-0.05, 0) is 29.8 Å². The molecule has 2 aromatic rings. The van der Waals surface area contributed by atoms with Crippen LogP contribution in [0.5, 0.6) is 0 Å². The number of carbonyl (C=O) groups is 1. The molecule has 13 heteroatoms. The lowest BCUT2D eigenvalue weighted by molar-refractivity contribution is -0.176.